The van der Waals surface area contributed by atoms with Crippen LogP contribution in [0, 0.1) is 0 Å². The minimum atomic E-state index is -0.214. The summed E-state index contributed by atoms with van der Waals surface area (Å²) in [6.45, 7) is 0. The molecule has 1 rings (SSSR count). The SMILES string of the molecule is O=C([Se])c1ccccc1C(=O)[Se]. The molecule has 12 heavy (non-hydrogen) atoms. The van der Waals surface area contributed by atoms with Crippen molar-refractivity contribution in [2.24, 2.45) is 0 Å². The monoisotopic (exact) mass is 292 g/mol. The number of hydrogen-bond acceptors (Lipinski definition) is 2. The first kappa shape index (κ1) is 9.69. The van der Waals surface area contributed by atoms with Crippen molar-refractivity contribution in [3.8, 4) is 0 Å². The van der Waals surface area contributed by atoms with Crippen molar-refractivity contribution in [1.82, 2.24) is 0 Å². The van der Waals surface area contributed by atoms with Gasteiger partial charge in [0, 0.05) is 0 Å². The molecule has 0 aromatic heterocycles. The summed E-state index contributed by atoms with van der Waals surface area (Å²) in [5.41, 5.74) is 0.836. The summed E-state index contributed by atoms with van der Waals surface area (Å²) in [6.07, 6.45) is 0. The summed E-state index contributed by atoms with van der Waals surface area (Å²) in [5.74, 6) is 0. The van der Waals surface area contributed by atoms with Gasteiger partial charge in [-0.1, -0.05) is 0 Å². The second-order valence-electron chi connectivity index (χ2n) is 2.12. The average molecular weight is 290 g/mol. The third kappa shape index (κ3) is 2.05. The van der Waals surface area contributed by atoms with E-state index in [1.165, 1.54) is 0 Å². The molecule has 0 spiro atoms. The van der Waals surface area contributed by atoms with Crippen LogP contribution < -0.4 is 0 Å². The number of carbonyl (C=O) groups is 2. The molecule has 0 fully saturated rings. The molecule has 0 aliphatic heterocycles. The molecule has 60 valence electrons. The third-order valence-electron chi connectivity index (χ3n) is 1.37. The maximum atomic E-state index is 10.9. The molecule has 4 heteroatoms. The Morgan fingerprint density at radius 3 is 1.50 bits per heavy atom. The topological polar surface area (TPSA) is 34.1 Å². The van der Waals surface area contributed by atoms with Crippen molar-refractivity contribution in [3.63, 3.8) is 0 Å². The van der Waals surface area contributed by atoms with Gasteiger partial charge in [-0.2, -0.15) is 0 Å². The zero-order chi connectivity index (χ0) is 9.14. The maximum absolute atomic E-state index is 10.9. The minimum absolute atomic E-state index is 0.214. The van der Waals surface area contributed by atoms with E-state index in [1.807, 2.05) is 0 Å². The quantitative estimate of drug-likeness (QED) is 0.734. The Balaban J connectivity index is 3.27. The first-order valence-electron chi connectivity index (χ1n) is 3.14. The Hall–Kier alpha value is -0.401. The van der Waals surface area contributed by atoms with Crippen LogP contribution in [0.1, 0.15) is 20.7 Å². The molecular formula is C8H4O2Se2. The molecule has 0 saturated heterocycles. The van der Waals surface area contributed by atoms with Crippen LogP contribution >= 0.6 is 0 Å². The molecule has 0 aliphatic carbocycles. The Kier molecular flexibility index (Phi) is 3.24. The van der Waals surface area contributed by atoms with Gasteiger partial charge in [-0.05, 0) is 0 Å². The molecule has 0 atom stereocenters. The predicted octanol–water partition coefficient (Wildman–Crippen LogP) is 0.304. The molecule has 0 saturated carbocycles. The van der Waals surface area contributed by atoms with Crippen molar-refractivity contribution in [3.05, 3.63) is 35.4 Å². The standard InChI is InChI=1S/C8H4O2Se2/c9-7(11)5-3-1-2-4-6(5)8(10)12/h1-4H. The van der Waals surface area contributed by atoms with E-state index in [-0.39, 0.29) is 9.36 Å². The predicted molar refractivity (Wildman–Crippen MR) is 46.6 cm³/mol. The zero-order valence-electron chi connectivity index (χ0n) is 5.94. The van der Waals surface area contributed by atoms with Crippen LogP contribution in [0.5, 0.6) is 0 Å². The van der Waals surface area contributed by atoms with Gasteiger partial charge in [-0.25, -0.2) is 0 Å². The molecule has 0 amide bonds. The van der Waals surface area contributed by atoms with Gasteiger partial charge in [0.05, 0.1) is 0 Å². The fourth-order valence-electron chi connectivity index (χ4n) is 0.839. The number of benzene rings is 1. The Bertz CT molecular complexity index is 301. The summed E-state index contributed by atoms with van der Waals surface area (Å²) in [5, 5.41) is 0. The Labute approximate surface area is 86.4 Å². The van der Waals surface area contributed by atoms with Crippen LogP contribution in [0.25, 0.3) is 0 Å². The van der Waals surface area contributed by atoms with Crippen LogP contribution in [0.2, 0.25) is 0 Å². The van der Waals surface area contributed by atoms with Crippen molar-refractivity contribution in [2.75, 3.05) is 0 Å². The van der Waals surface area contributed by atoms with E-state index in [9.17, 15) is 9.59 Å². The molecule has 0 heterocycles. The van der Waals surface area contributed by atoms with E-state index in [1.54, 1.807) is 24.3 Å². The number of carbonyl (C=O) groups excluding carboxylic acids is 2. The van der Waals surface area contributed by atoms with Gasteiger partial charge < -0.3 is 0 Å². The van der Waals surface area contributed by atoms with Crippen molar-refractivity contribution < 1.29 is 9.59 Å². The van der Waals surface area contributed by atoms with E-state index < -0.39 is 0 Å². The fraction of sp³-hybridized carbons (Fsp3) is 0. The summed E-state index contributed by atoms with van der Waals surface area (Å²) in [4.78, 5) is 21.9. The van der Waals surface area contributed by atoms with Gasteiger partial charge in [0.1, 0.15) is 0 Å². The van der Waals surface area contributed by atoms with Crippen LogP contribution in [-0.2, 0) is 0 Å². The fourth-order valence-corrected chi connectivity index (χ4v) is 1.59. The first-order chi connectivity index (χ1) is 5.63. The molecular weight excluding hydrogens is 286 g/mol. The van der Waals surface area contributed by atoms with Gasteiger partial charge in [-0.15, -0.1) is 0 Å². The zero-order valence-corrected chi connectivity index (χ0v) is 9.37. The van der Waals surface area contributed by atoms with Crippen LogP contribution in [0.3, 0.4) is 0 Å². The second kappa shape index (κ2) is 4.01. The summed E-state index contributed by atoms with van der Waals surface area (Å²) < 4.78 is -0.427. The van der Waals surface area contributed by atoms with E-state index >= 15 is 0 Å². The molecule has 0 aliphatic rings. The van der Waals surface area contributed by atoms with E-state index in [4.69, 9.17) is 0 Å². The van der Waals surface area contributed by atoms with Gasteiger partial charge >= 0.3 is 86.4 Å². The van der Waals surface area contributed by atoms with Crippen LogP contribution in [0.15, 0.2) is 24.3 Å². The van der Waals surface area contributed by atoms with Crippen molar-refractivity contribution >= 4 is 41.4 Å². The second-order valence-corrected chi connectivity index (χ2v) is 3.68. The van der Waals surface area contributed by atoms with Gasteiger partial charge in [0.25, 0.3) is 0 Å². The molecule has 0 unspecified atom stereocenters. The molecule has 0 bridgehead atoms. The third-order valence-corrected chi connectivity index (χ3v) is 2.29. The molecule has 1 aromatic rings. The van der Waals surface area contributed by atoms with E-state index in [0.717, 1.165) is 0 Å². The first-order valence-corrected chi connectivity index (χ1v) is 4.86. The summed E-state index contributed by atoms with van der Waals surface area (Å²) >= 11 is 4.69. The Morgan fingerprint density at radius 1 is 0.917 bits per heavy atom. The van der Waals surface area contributed by atoms with Crippen LogP contribution in [-0.4, -0.2) is 41.4 Å². The van der Waals surface area contributed by atoms with Crippen molar-refractivity contribution in [1.29, 1.82) is 0 Å². The van der Waals surface area contributed by atoms with E-state index in [2.05, 4.69) is 32.0 Å². The molecule has 2 nitrogen and oxygen atoms in total. The number of rotatable bonds is 2. The summed E-state index contributed by atoms with van der Waals surface area (Å²) in [7, 11) is 0. The molecule has 2 radical (unpaired) electrons. The Morgan fingerprint density at radius 2 is 1.25 bits per heavy atom. The molecule has 1 aromatic carbocycles. The van der Waals surface area contributed by atoms with Crippen molar-refractivity contribution in [2.45, 2.75) is 0 Å². The van der Waals surface area contributed by atoms with Gasteiger partial charge in [0.2, 0.25) is 0 Å². The molecule has 0 N–H and O–H groups in total. The van der Waals surface area contributed by atoms with Gasteiger partial charge in [0.15, 0.2) is 0 Å². The average Bonchev–Trinajstić information content (AvgIpc) is 2.04. The normalized spacial score (nSPS) is 9.33. The summed E-state index contributed by atoms with van der Waals surface area (Å²) in [6, 6.07) is 6.67. The van der Waals surface area contributed by atoms with E-state index in [0.29, 0.717) is 11.1 Å². The van der Waals surface area contributed by atoms with Gasteiger partial charge in [-0.3, -0.25) is 0 Å². The number of hydrogen-bond donors (Lipinski definition) is 0. The van der Waals surface area contributed by atoms with Crippen LogP contribution in [0.4, 0.5) is 0 Å².